The molecular weight excluding hydrogens is 222 g/mol. The first kappa shape index (κ1) is 10.7. The highest BCUT2D eigenvalue weighted by Gasteiger charge is 2.70. The van der Waals surface area contributed by atoms with Gasteiger partial charge in [-0.15, -0.1) is 0 Å². The van der Waals surface area contributed by atoms with Gasteiger partial charge in [0.25, 0.3) is 5.92 Å². The van der Waals surface area contributed by atoms with E-state index < -0.39 is 34.2 Å². The van der Waals surface area contributed by atoms with Crippen LogP contribution in [0.5, 0.6) is 5.75 Å². The molecule has 5 nitrogen and oxygen atoms in total. The van der Waals surface area contributed by atoms with Crippen molar-refractivity contribution >= 4 is 5.69 Å². The van der Waals surface area contributed by atoms with Crippen LogP contribution in [0.4, 0.5) is 14.5 Å². The SMILES string of the molecule is NC1(c2ccc([N+](=O)[O-])c(O)c2)CC1(F)F. The molecule has 3 N–H and O–H groups in total. The summed E-state index contributed by atoms with van der Waals surface area (Å²) in [6, 6.07) is 3.02. The van der Waals surface area contributed by atoms with Crippen molar-refractivity contribution in [2.75, 3.05) is 0 Å². The molecular formula is C9H8F2N2O3. The van der Waals surface area contributed by atoms with Gasteiger partial charge in [0.1, 0.15) is 5.54 Å². The summed E-state index contributed by atoms with van der Waals surface area (Å²) < 4.78 is 25.8. The summed E-state index contributed by atoms with van der Waals surface area (Å²) in [6.07, 6.45) is -0.517. The number of nitrogens with two attached hydrogens (primary N) is 1. The molecule has 1 unspecified atom stereocenters. The van der Waals surface area contributed by atoms with E-state index in [2.05, 4.69) is 0 Å². The maximum absolute atomic E-state index is 12.9. The minimum Gasteiger partial charge on any atom is -0.502 e. The Balaban J connectivity index is 2.41. The first-order valence-corrected chi connectivity index (χ1v) is 4.42. The molecule has 1 fully saturated rings. The van der Waals surface area contributed by atoms with E-state index in [0.29, 0.717) is 0 Å². The maximum Gasteiger partial charge on any atom is 0.310 e. The first-order chi connectivity index (χ1) is 7.28. The van der Waals surface area contributed by atoms with Crippen molar-refractivity contribution in [3.8, 4) is 5.75 Å². The summed E-state index contributed by atoms with van der Waals surface area (Å²) in [7, 11) is 0. The Labute approximate surface area is 88.6 Å². The van der Waals surface area contributed by atoms with Gasteiger partial charge in [0.15, 0.2) is 5.75 Å². The van der Waals surface area contributed by atoms with Crippen LogP contribution >= 0.6 is 0 Å². The molecule has 1 aliphatic rings. The Morgan fingerprint density at radius 2 is 2.06 bits per heavy atom. The molecule has 0 radical (unpaired) electrons. The van der Waals surface area contributed by atoms with Gasteiger partial charge >= 0.3 is 5.69 Å². The van der Waals surface area contributed by atoms with Crippen LogP contribution < -0.4 is 5.73 Å². The number of phenolic OH excluding ortho intramolecular Hbond substituents is 1. The van der Waals surface area contributed by atoms with Gasteiger partial charge in [0.05, 0.1) is 4.92 Å². The smallest absolute Gasteiger partial charge is 0.310 e. The van der Waals surface area contributed by atoms with Crippen LogP contribution in [-0.2, 0) is 5.54 Å². The number of phenols is 1. The molecule has 1 aromatic carbocycles. The number of hydrogen-bond donors (Lipinski definition) is 2. The Kier molecular flexibility index (Phi) is 1.94. The fraction of sp³-hybridized carbons (Fsp3) is 0.333. The van der Waals surface area contributed by atoms with Crippen molar-refractivity contribution in [2.24, 2.45) is 5.73 Å². The molecule has 0 saturated heterocycles. The highest BCUT2D eigenvalue weighted by molar-refractivity contribution is 5.51. The fourth-order valence-electron chi connectivity index (χ4n) is 1.57. The lowest BCUT2D eigenvalue weighted by atomic mass is 10.0. The lowest BCUT2D eigenvalue weighted by molar-refractivity contribution is -0.385. The van der Waals surface area contributed by atoms with E-state index in [9.17, 15) is 24.0 Å². The third-order valence-electron chi connectivity index (χ3n) is 2.72. The van der Waals surface area contributed by atoms with Gasteiger partial charge in [-0.3, -0.25) is 10.1 Å². The van der Waals surface area contributed by atoms with Gasteiger partial charge < -0.3 is 10.8 Å². The number of halogens is 2. The van der Waals surface area contributed by atoms with Crippen LogP contribution in [0.25, 0.3) is 0 Å². The Morgan fingerprint density at radius 1 is 1.50 bits per heavy atom. The Bertz CT molecular complexity index is 478. The number of hydrogen-bond acceptors (Lipinski definition) is 4. The van der Waals surface area contributed by atoms with Gasteiger partial charge in [-0.1, -0.05) is 0 Å². The number of nitrogens with zero attached hydrogens (tertiary/aromatic N) is 1. The van der Waals surface area contributed by atoms with Gasteiger partial charge in [-0.2, -0.15) is 0 Å². The molecule has 7 heteroatoms. The predicted octanol–water partition coefficient (Wildman–Crippen LogP) is 1.49. The minimum absolute atomic E-state index is 0.000556. The van der Waals surface area contributed by atoms with Crippen LogP contribution in [0.3, 0.4) is 0 Å². The first-order valence-electron chi connectivity index (χ1n) is 4.42. The molecule has 0 amide bonds. The molecule has 16 heavy (non-hydrogen) atoms. The van der Waals surface area contributed by atoms with Crippen molar-refractivity contribution in [2.45, 2.75) is 17.9 Å². The molecule has 2 rings (SSSR count). The highest BCUT2D eigenvalue weighted by atomic mass is 19.3. The molecule has 1 atom stereocenters. The topological polar surface area (TPSA) is 89.4 Å². The predicted molar refractivity (Wildman–Crippen MR) is 50.2 cm³/mol. The number of aromatic hydroxyl groups is 1. The van der Waals surface area contributed by atoms with Crippen LogP contribution in [0.2, 0.25) is 0 Å². The summed E-state index contributed by atoms with van der Waals surface area (Å²) in [5, 5.41) is 19.7. The van der Waals surface area contributed by atoms with Gasteiger partial charge in [0, 0.05) is 12.5 Å². The second-order valence-corrected chi connectivity index (χ2v) is 3.81. The number of nitro groups is 1. The zero-order valence-corrected chi connectivity index (χ0v) is 7.98. The standard InChI is InChI=1S/C9H8F2N2O3/c10-9(11)4-8(9,12)5-1-2-6(13(15)16)7(14)3-5/h1-3,14H,4,12H2. The van der Waals surface area contributed by atoms with Crippen LogP contribution in [0, 0.1) is 10.1 Å². The monoisotopic (exact) mass is 230 g/mol. The molecule has 0 spiro atoms. The molecule has 86 valence electrons. The van der Waals surface area contributed by atoms with Gasteiger partial charge in [-0.05, 0) is 17.7 Å². The number of rotatable bonds is 2. The second-order valence-electron chi connectivity index (χ2n) is 3.81. The Morgan fingerprint density at radius 3 is 2.44 bits per heavy atom. The average molecular weight is 230 g/mol. The zero-order valence-electron chi connectivity index (χ0n) is 7.98. The van der Waals surface area contributed by atoms with Crippen molar-refractivity contribution in [3.63, 3.8) is 0 Å². The lowest BCUT2D eigenvalue weighted by Gasteiger charge is -2.10. The lowest BCUT2D eigenvalue weighted by Crippen LogP contribution is -2.27. The van der Waals surface area contributed by atoms with Crippen LogP contribution in [0.15, 0.2) is 18.2 Å². The van der Waals surface area contributed by atoms with E-state index >= 15 is 0 Å². The fourth-order valence-corrected chi connectivity index (χ4v) is 1.57. The average Bonchev–Trinajstić information content (AvgIpc) is 2.66. The quantitative estimate of drug-likeness (QED) is 0.595. The van der Waals surface area contributed by atoms with E-state index in [1.165, 1.54) is 0 Å². The molecule has 0 bridgehead atoms. The third-order valence-corrected chi connectivity index (χ3v) is 2.72. The summed E-state index contributed by atoms with van der Waals surface area (Å²) in [5.74, 6) is -3.68. The number of nitro benzene ring substituents is 1. The second kappa shape index (κ2) is 2.88. The van der Waals surface area contributed by atoms with Crippen molar-refractivity contribution in [1.29, 1.82) is 0 Å². The van der Waals surface area contributed by atoms with Crippen molar-refractivity contribution < 1.29 is 18.8 Å². The summed E-state index contributed by atoms with van der Waals surface area (Å²) in [6.45, 7) is 0. The van der Waals surface area contributed by atoms with Crippen LogP contribution in [-0.4, -0.2) is 16.0 Å². The largest absolute Gasteiger partial charge is 0.502 e. The third kappa shape index (κ3) is 1.32. The summed E-state index contributed by atoms with van der Waals surface area (Å²) in [5.41, 5.74) is 3.07. The van der Waals surface area contributed by atoms with Crippen molar-refractivity contribution in [1.82, 2.24) is 0 Å². The molecule has 1 saturated carbocycles. The zero-order chi connectivity index (χ0) is 12.1. The number of benzene rings is 1. The van der Waals surface area contributed by atoms with Gasteiger partial charge in [-0.25, -0.2) is 8.78 Å². The van der Waals surface area contributed by atoms with E-state index in [1.54, 1.807) is 0 Å². The molecule has 1 aliphatic carbocycles. The molecule has 0 aromatic heterocycles. The molecule has 1 aromatic rings. The minimum atomic E-state index is -3.02. The summed E-state index contributed by atoms with van der Waals surface area (Å²) >= 11 is 0. The maximum atomic E-state index is 12.9. The normalized spacial score (nSPS) is 26.4. The molecule has 0 aliphatic heterocycles. The number of alkyl halides is 2. The van der Waals surface area contributed by atoms with Crippen LogP contribution in [0.1, 0.15) is 12.0 Å². The molecule has 0 heterocycles. The van der Waals surface area contributed by atoms with E-state index in [4.69, 9.17) is 5.73 Å². The summed E-state index contributed by atoms with van der Waals surface area (Å²) in [4.78, 5) is 9.59. The van der Waals surface area contributed by atoms with Gasteiger partial charge in [0.2, 0.25) is 0 Å². The highest BCUT2D eigenvalue weighted by Crippen LogP contribution is 2.58. The Hall–Kier alpha value is -1.76. The van der Waals surface area contributed by atoms with E-state index in [1.807, 2.05) is 0 Å². The van der Waals surface area contributed by atoms with Crippen molar-refractivity contribution in [3.05, 3.63) is 33.9 Å². The van der Waals surface area contributed by atoms with E-state index in [-0.39, 0.29) is 5.56 Å². The van der Waals surface area contributed by atoms with E-state index in [0.717, 1.165) is 18.2 Å².